The molecule has 0 atom stereocenters. The maximum Gasteiger partial charge on any atom is 0.251 e. The number of fused-ring (bicyclic) bond motifs is 1. The first kappa shape index (κ1) is 27.8. The predicted molar refractivity (Wildman–Crippen MR) is 147 cm³/mol. The zero-order valence-electron chi connectivity index (χ0n) is 22.5. The number of benzene rings is 1. The van der Waals surface area contributed by atoms with E-state index in [2.05, 4.69) is 22.2 Å². The molecule has 38 heavy (non-hydrogen) atoms. The van der Waals surface area contributed by atoms with E-state index in [0.717, 1.165) is 35.7 Å². The summed E-state index contributed by atoms with van der Waals surface area (Å²) in [5.41, 5.74) is 1.19. The number of thioether (sulfide) groups is 1. The zero-order valence-corrected chi connectivity index (χ0v) is 23.3. The van der Waals surface area contributed by atoms with Crippen LogP contribution in [0.5, 0.6) is 17.2 Å². The van der Waals surface area contributed by atoms with Crippen LogP contribution in [0.1, 0.15) is 38.1 Å². The number of aromatic nitrogens is 4. The van der Waals surface area contributed by atoms with Crippen molar-refractivity contribution in [2.75, 3.05) is 63.3 Å². The highest BCUT2D eigenvalue weighted by atomic mass is 32.2. The Morgan fingerprint density at radius 1 is 1.03 bits per heavy atom. The number of nitrogens with one attached hydrogen (secondary N) is 1. The van der Waals surface area contributed by atoms with Gasteiger partial charge in [0.1, 0.15) is 5.82 Å². The number of nitrogens with zero attached hydrogens (tertiary/aromatic N) is 5. The predicted octanol–water partition coefficient (Wildman–Crippen LogP) is 3.40. The van der Waals surface area contributed by atoms with E-state index in [1.54, 1.807) is 30.1 Å². The molecule has 0 aliphatic carbocycles. The van der Waals surface area contributed by atoms with Gasteiger partial charge in [-0.1, -0.05) is 18.7 Å². The van der Waals surface area contributed by atoms with Gasteiger partial charge in [-0.15, -0.1) is 0 Å². The van der Waals surface area contributed by atoms with Crippen molar-refractivity contribution in [2.24, 2.45) is 0 Å². The summed E-state index contributed by atoms with van der Waals surface area (Å²) >= 11 is 1.60. The molecule has 1 amide bonds. The van der Waals surface area contributed by atoms with Gasteiger partial charge in [0.05, 0.1) is 51.2 Å². The van der Waals surface area contributed by atoms with Crippen LogP contribution < -0.4 is 24.4 Å². The van der Waals surface area contributed by atoms with Crippen molar-refractivity contribution >= 4 is 34.5 Å². The maximum atomic E-state index is 13.1. The molecule has 206 valence electrons. The molecule has 2 aromatic heterocycles. The third kappa shape index (κ3) is 6.41. The first-order valence-electron chi connectivity index (χ1n) is 13.1. The van der Waals surface area contributed by atoms with Gasteiger partial charge in [0.15, 0.2) is 22.3 Å². The maximum absolute atomic E-state index is 13.1. The van der Waals surface area contributed by atoms with E-state index in [4.69, 9.17) is 28.9 Å². The third-order valence-electron chi connectivity index (χ3n) is 5.82. The number of carbonyl (C=O) groups excluding carboxylic acids is 1. The van der Waals surface area contributed by atoms with E-state index in [9.17, 15) is 4.79 Å². The molecule has 1 N–H and O–H groups in total. The van der Waals surface area contributed by atoms with Gasteiger partial charge in [-0.05, 0) is 38.7 Å². The number of anilines is 1. The first-order valence-corrected chi connectivity index (χ1v) is 14.1. The third-order valence-corrected chi connectivity index (χ3v) is 6.55. The van der Waals surface area contributed by atoms with E-state index in [1.165, 1.54) is 0 Å². The summed E-state index contributed by atoms with van der Waals surface area (Å²) in [4.78, 5) is 24.9. The molecule has 1 saturated heterocycles. The van der Waals surface area contributed by atoms with E-state index >= 15 is 0 Å². The van der Waals surface area contributed by atoms with Gasteiger partial charge in [-0.2, -0.15) is 5.10 Å². The summed E-state index contributed by atoms with van der Waals surface area (Å²) in [7, 11) is 0. The molecular weight excluding hydrogens is 508 g/mol. The minimum absolute atomic E-state index is 0.239. The molecule has 1 aliphatic rings. The van der Waals surface area contributed by atoms with Crippen LogP contribution in [0, 0.1) is 0 Å². The topological polar surface area (TPSA) is 113 Å². The molecule has 3 aromatic rings. The number of amides is 1. The Kier molecular flexibility index (Phi) is 9.88. The zero-order chi connectivity index (χ0) is 26.9. The van der Waals surface area contributed by atoms with Crippen LogP contribution in [0.2, 0.25) is 0 Å². The van der Waals surface area contributed by atoms with Crippen LogP contribution >= 0.6 is 11.8 Å². The normalized spacial score (nSPS) is 13.5. The van der Waals surface area contributed by atoms with Crippen LogP contribution in [0.15, 0.2) is 23.5 Å². The summed E-state index contributed by atoms with van der Waals surface area (Å²) in [5.74, 6) is 2.98. The second kappa shape index (κ2) is 13.5. The largest absolute Gasteiger partial charge is 0.490 e. The first-order chi connectivity index (χ1) is 18.6. The summed E-state index contributed by atoms with van der Waals surface area (Å²) in [6.45, 7) is 12.8. The Balaban J connectivity index is 1.52. The Bertz CT molecular complexity index is 1200. The van der Waals surface area contributed by atoms with Gasteiger partial charge in [0.25, 0.3) is 5.91 Å². The summed E-state index contributed by atoms with van der Waals surface area (Å²) in [6.07, 6.45) is 1.80. The van der Waals surface area contributed by atoms with E-state index in [0.29, 0.717) is 74.1 Å². The number of hydrogen-bond donors (Lipinski definition) is 1. The fraction of sp³-hybridized carbons (Fsp3) is 0.538. The molecule has 1 aromatic carbocycles. The number of carbonyl (C=O) groups is 1. The number of rotatable bonds is 13. The standard InChI is InChI=1S/C26H36N6O5S/c1-5-35-20-15-18(16-21(36-6-2)22(20)37-7-3)25(33)27-9-10-32-24-19(17-28-32)23(29-26(30-24)38-8-4)31-11-13-34-14-12-31/h15-17H,5-14H2,1-4H3,(H,27,33). The second-order valence-corrected chi connectivity index (χ2v) is 9.55. The Morgan fingerprint density at radius 2 is 1.71 bits per heavy atom. The molecule has 0 unspecified atom stereocenters. The Labute approximate surface area is 227 Å². The van der Waals surface area contributed by atoms with Crippen LogP contribution in [-0.2, 0) is 11.3 Å². The highest BCUT2D eigenvalue weighted by molar-refractivity contribution is 7.99. The molecule has 11 nitrogen and oxygen atoms in total. The average molecular weight is 545 g/mol. The van der Waals surface area contributed by atoms with Gasteiger partial charge >= 0.3 is 0 Å². The van der Waals surface area contributed by atoms with Crippen LogP contribution in [0.4, 0.5) is 5.82 Å². The fourth-order valence-corrected chi connectivity index (χ4v) is 4.75. The second-order valence-electron chi connectivity index (χ2n) is 8.32. The fourth-order valence-electron chi connectivity index (χ4n) is 4.19. The molecule has 0 bridgehead atoms. The lowest BCUT2D eigenvalue weighted by Gasteiger charge is -2.28. The highest BCUT2D eigenvalue weighted by Crippen LogP contribution is 2.39. The van der Waals surface area contributed by atoms with Gasteiger partial charge < -0.3 is 29.2 Å². The number of morpholine rings is 1. The minimum atomic E-state index is -0.239. The average Bonchev–Trinajstić information content (AvgIpc) is 3.33. The van der Waals surface area contributed by atoms with E-state index in [1.807, 2.05) is 25.5 Å². The molecule has 1 fully saturated rings. The number of ether oxygens (including phenoxy) is 4. The summed E-state index contributed by atoms with van der Waals surface area (Å²) < 4.78 is 24.6. The van der Waals surface area contributed by atoms with Gasteiger partial charge in [-0.25, -0.2) is 14.6 Å². The lowest BCUT2D eigenvalue weighted by Crippen LogP contribution is -2.37. The molecule has 1 aliphatic heterocycles. The van der Waals surface area contributed by atoms with Crippen LogP contribution in [0.25, 0.3) is 11.0 Å². The van der Waals surface area contributed by atoms with Crippen molar-refractivity contribution in [1.82, 2.24) is 25.1 Å². The van der Waals surface area contributed by atoms with Crippen molar-refractivity contribution in [3.63, 3.8) is 0 Å². The molecule has 0 radical (unpaired) electrons. The lowest BCUT2D eigenvalue weighted by molar-refractivity contribution is 0.0951. The summed E-state index contributed by atoms with van der Waals surface area (Å²) in [5, 5.41) is 9.16. The van der Waals surface area contributed by atoms with E-state index < -0.39 is 0 Å². The SMILES string of the molecule is CCOc1cc(C(=O)NCCn2ncc3c(N4CCOCC4)nc(SCC)nc32)cc(OCC)c1OCC. The lowest BCUT2D eigenvalue weighted by atomic mass is 10.1. The molecule has 12 heteroatoms. The van der Waals surface area contributed by atoms with Crippen molar-refractivity contribution in [3.8, 4) is 17.2 Å². The number of hydrogen-bond acceptors (Lipinski definition) is 10. The Hall–Kier alpha value is -3.25. The molecule has 4 rings (SSSR count). The van der Waals surface area contributed by atoms with Crippen LogP contribution in [0.3, 0.4) is 0 Å². The van der Waals surface area contributed by atoms with E-state index in [-0.39, 0.29) is 5.91 Å². The van der Waals surface area contributed by atoms with Crippen molar-refractivity contribution < 1.29 is 23.7 Å². The van der Waals surface area contributed by atoms with Crippen molar-refractivity contribution in [2.45, 2.75) is 39.4 Å². The smallest absolute Gasteiger partial charge is 0.251 e. The highest BCUT2D eigenvalue weighted by Gasteiger charge is 2.21. The molecule has 0 saturated carbocycles. The van der Waals surface area contributed by atoms with Crippen LogP contribution in [-0.4, -0.2) is 84.1 Å². The quantitative estimate of drug-likeness (QED) is 0.254. The minimum Gasteiger partial charge on any atom is -0.490 e. The summed E-state index contributed by atoms with van der Waals surface area (Å²) in [6, 6.07) is 3.37. The van der Waals surface area contributed by atoms with Crippen molar-refractivity contribution in [1.29, 1.82) is 0 Å². The molecular formula is C26H36N6O5S. The monoisotopic (exact) mass is 544 g/mol. The molecule has 3 heterocycles. The Morgan fingerprint density at radius 3 is 2.34 bits per heavy atom. The van der Waals surface area contributed by atoms with Crippen molar-refractivity contribution in [3.05, 3.63) is 23.9 Å². The van der Waals surface area contributed by atoms with Gasteiger partial charge in [-0.3, -0.25) is 4.79 Å². The molecule has 0 spiro atoms. The van der Waals surface area contributed by atoms with Gasteiger partial charge in [0, 0.05) is 25.2 Å². The van der Waals surface area contributed by atoms with Gasteiger partial charge in [0.2, 0.25) is 5.75 Å².